The van der Waals surface area contributed by atoms with E-state index in [1.54, 1.807) is 18.2 Å². The smallest absolute Gasteiger partial charge is 0.247 e. The number of hydrogen-bond acceptors (Lipinski definition) is 4. The molecule has 5 rings (SSSR count). The van der Waals surface area contributed by atoms with E-state index in [4.69, 9.17) is 4.74 Å². The molecule has 33 heavy (non-hydrogen) atoms. The lowest BCUT2D eigenvalue weighted by Crippen LogP contribution is -2.42. The number of nitrogens with one attached hydrogen (secondary N) is 1. The average Bonchev–Trinajstić information content (AvgIpc) is 2.86. The van der Waals surface area contributed by atoms with Crippen LogP contribution in [0.1, 0.15) is 22.9 Å². The Balaban J connectivity index is 1.44. The minimum Gasteiger partial charge on any atom is -0.489 e. The molecule has 1 aliphatic heterocycles. The van der Waals surface area contributed by atoms with Crippen LogP contribution in [0.15, 0.2) is 114 Å². The third-order valence-corrected chi connectivity index (χ3v) is 7.55. The van der Waals surface area contributed by atoms with Crippen molar-refractivity contribution < 1.29 is 13.2 Å². The van der Waals surface area contributed by atoms with Gasteiger partial charge < -0.3 is 10.1 Å². The minimum absolute atomic E-state index is 0.265. The van der Waals surface area contributed by atoms with Gasteiger partial charge in [0.15, 0.2) is 0 Å². The lowest BCUT2D eigenvalue weighted by atomic mass is 10.1. The summed E-state index contributed by atoms with van der Waals surface area (Å²) >= 11 is 0. The van der Waals surface area contributed by atoms with Crippen molar-refractivity contribution in [2.24, 2.45) is 0 Å². The van der Waals surface area contributed by atoms with E-state index in [0.29, 0.717) is 17.2 Å². The second-order valence-corrected chi connectivity index (χ2v) is 9.78. The predicted octanol–water partition coefficient (Wildman–Crippen LogP) is 5.58. The van der Waals surface area contributed by atoms with Gasteiger partial charge in [0.1, 0.15) is 23.4 Å². The zero-order valence-corrected chi connectivity index (χ0v) is 18.8. The summed E-state index contributed by atoms with van der Waals surface area (Å²) in [7, 11) is -3.70. The maximum Gasteiger partial charge on any atom is 0.247 e. The summed E-state index contributed by atoms with van der Waals surface area (Å²) in [6, 6.07) is 34.2. The lowest BCUT2D eigenvalue weighted by Gasteiger charge is -2.37. The fourth-order valence-corrected chi connectivity index (χ4v) is 5.65. The fourth-order valence-electron chi connectivity index (χ4n) is 3.97. The largest absolute Gasteiger partial charge is 0.489 e. The van der Waals surface area contributed by atoms with Crippen molar-refractivity contribution in [3.8, 4) is 5.75 Å². The monoisotopic (exact) mass is 456 g/mol. The van der Waals surface area contributed by atoms with E-state index in [-0.39, 0.29) is 6.54 Å². The Morgan fingerprint density at radius 3 is 2.03 bits per heavy atom. The molecule has 1 aliphatic rings. The number of hydrogen-bond donors (Lipinski definition) is 1. The van der Waals surface area contributed by atoms with Gasteiger partial charge in [-0.3, -0.25) is 0 Å². The molecule has 0 spiro atoms. The number of rotatable bonds is 6. The highest BCUT2D eigenvalue weighted by atomic mass is 32.2. The molecule has 0 aromatic heterocycles. The van der Waals surface area contributed by atoms with Gasteiger partial charge in [0.25, 0.3) is 0 Å². The third kappa shape index (κ3) is 4.49. The highest BCUT2D eigenvalue weighted by Crippen LogP contribution is 2.39. The van der Waals surface area contributed by atoms with Crippen molar-refractivity contribution in [1.82, 2.24) is 4.31 Å². The van der Waals surface area contributed by atoms with E-state index in [1.807, 2.05) is 91.0 Å². The molecule has 0 aliphatic carbocycles. The first kappa shape index (κ1) is 21.2. The topological polar surface area (TPSA) is 58.6 Å². The Bertz CT molecular complexity index is 1320. The van der Waals surface area contributed by atoms with Crippen LogP contribution in [0.4, 0.5) is 5.69 Å². The fraction of sp³-hybridized carbons (Fsp3) is 0.111. The van der Waals surface area contributed by atoms with Gasteiger partial charge in [0.2, 0.25) is 10.0 Å². The molecule has 1 atom stereocenters. The van der Waals surface area contributed by atoms with Crippen LogP contribution in [-0.2, 0) is 23.2 Å². The molecule has 4 aromatic carbocycles. The summed E-state index contributed by atoms with van der Waals surface area (Å²) in [6.07, 6.45) is -0.534. The number of benzene rings is 4. The van der Waals surface area contributed by atoms with Crippen LogP contribution in [-0.4, -0.2) is 12.7 Å². The van der Waals surface area contributed by atoms with Gasteiger partial charge in [0, 0.05) is 6.54 Å². The summed E-state index contributed by atoms with van der Waals surface area (Å²) in [5.74, 6) is 0.733. The quantitative estimate of drug-likeness (QED) is 0.411. The first-order chi connectivity index (χ1) is 16.1. The average molecular weight is 457 g/mol. The van der Waals surface area contributed by atoms with E-state index in [0.717, 1.165) is 22.4 Å². The molecule has 1 N–H and O–H groups in total. The zero-order valence-electron chi connectivity index (χ0n) is 18.0. The van der Waals surface area contributed by atoms with E-state index in [9.17, 15) is 8.42 Å². The van der Waals surface area contributed by atoms with Crippen LogP contribution in [0.5, 0.6) is 5.75 Å². The van der Waals surface area contributed by atoms with Crippen LogP contribution in [0.25, 0.3) is 0 Å². The molecule has 0 saturated heterocycles. The zero-order chi connectivity index (χ0) is 22.7. The van der Waals surface area contributed by atoms with Crippen LogP contribution in [0, 0.1) is 0 Å². The van der Waals surface area contributed by atoms with Gasteiger partial charge in [0.05, 0.1) is 5.69 Å². The maximum atomic E-state index is 13.6. The molecule has 4 aromatic rings. The lowest BCUT2D eigenvalue weighted by molar-refractivity contribution is 0.305. The Kier molecular flexibility index (Phi) is 5.86. The third-order valence-electron chi connectivity index (χ3n) is 5.68. The first-order valence-corrected chi connectivity index (χ1v) is 12.2. The van der Waals surface area contributed by atoms with E-state index >= 15 is 0 Å². The molecule has 5 nitrogen and oxygen atoms in total. The van der Waals surface area contributed by atoms with Crippen LogP contribution < -0.4 is 10.1 Å². The molecule has 0 saturated carbocycles. The second kappa shape index (κ2) is 9.10. The first-order valence-electron chi connectivity index (χ1n) is 10.8. The molecule has 1 heterocycles. The summed E-state index contributed by atoms with van der Waals surface area (Å²) in [4.78, 5) is 0.292. The van der Waals surface area contributed by atoms with E-state index in [1.165, 1.54) is 4.31 Å². The molecular formula is C27H24N2O3S. The van der Waals surface area contributed by atoms with Crippen molar-refractivity contribution in [2.75, 3.05) is 5.32 Å². The number of ether oxygens (including phenoxy) is 1. The van der Waals surface area contributed by atoms with Crippen molar-refractivity contribution in [3.63, 3.8) is 0 Å². The van der Waals surface area contributed by atoms with Crippen molar-refractivity contribution in [1.29, 1.82) is 0 Å². The van der Waals surface area contributed by atoms with Crippen LogP contribution in [0.2, 0.25) is 0 Å². The Morgan fingerprint density at radius 1 is 0.727 bits per heavy atom. The highest BCUT2D eigenvalue weighted by molar-refractivity contribution is 7.89. The molecule has 0 unspecified atom stereocenters. The SMILES string of the molecule is O=S1(=O)c2ccccc2N[C@H](c2ccc(OCc3ccccc3)cc2)N1Cc1ccccc1. The van der Waals surface area contributed by atoms with Gasteiger partial charge >= 0.3 is 0 Å². The number of para-hydroxylation sites is 1. The maximum absolute atomic E-state index is 13.6. The van der Waals surface area contributed by atoms with E-state index < -0.39 is 16.2 Å². The molecule has 0 radical (unpaired) electrons. The number of nitrogens with zero attached hydrogens (tertiary/aromatic N) is 1. The Hall–Kier alpha value is -3.61. The standard InChI is InChI=1S/C27H24N2O3S/c30-33(31)26-14-8-7-13-25(26)28-27(29(33)19-21-9-3-1-4-10-21)23-15-17-24(18-16-23)32-20-22-11-5-2-6-12-22/h1-18,27-28H,19-20H2/t27-/m0/s1. The van der Waals surface area contributed by atoms with Crippen molar-refractivity contribution >= 4 is 15.7 Å². The Labute approximate surface area is 194 Å². The summed E-state index contributed by atoms with van der Waals surface area (Å²) in [5.41, 5.74) is 3.47. The second-order valence-electron chi connectivity index (χ2n) is 7.92. The molecule has 0 bridgehead atoms. The van der Waals surface area contributed by atoms with Gasteiger partial charge in [-0.25, -0.2) is 8.42 Å². The van der Waals surface area contributed by atoms with Crippen molar-refractivity contribution in [2.45, 2.75) is 24.2 Å². The number of fused-ring (bicyclic) bond motifs is 1. The minimum atomic E-state index is -3.70. The van der Waals surface area contributed by atoms with Gasteiger partial charge in [-0.2, -0.15) is 4.31 Å². The van der Waals surface area contributed by atoms with E-state index in [2.05, 4.69) is 5.32 Å². The van der Waals surface area contributed by atoms with Gasteiger partial charge in [-0.1, -0.05) is 84.9 Å². The molecular weight excluding hydrogens is 432 g/mol. The van der Waals surface area contributed by atoms with Crippen LogP contribution in [0.3, 0.4) is 0 Å². The summed E-state index contributed by atoms with van der Waals surface area (Å²) in [6.45, 7) is 0.741. The normalized spacial score (nSPS) is 17.0. The molecule has 0 amide bonds. The summed E-state index contributed by atoms with van der Waals surface area (Å²) < 4.78 is 34.6. The number of anilines is 1. The Morgan fingerprint density at radius 2 is 1.33 bits per heavy atom. The van der Waals surface area contributed by atoms with Crippen molar-refractivity contribution in [3.05, 3.63) is 126 Å². The van der Waals surface area contributed by atoms with Gasteiger partial charge in [-0.15, -0.1) is 0 Å². The van der Waals surface area contributed by atoms with Crippen LogP contribution >= 0.6 is 0 Å². The molecule has 6 heteroatoms. The molecule has 0 fully saturated rings. The van der Waals surface area contributed by atoms with Gasteiger partial charge in [-0.05, 0) is 41.0 Å². The predicted molar refractivity (Wildman–Crippen MR) is 129 cm³/mol. The number of sulfonamides is 1. The highest BCUT2D eigenvalue weighted by Gasteiger charge is 2.38. The molecule has 166 valence electrons. The summed E-state index contributed by atoms with van der Waals surface area (Å²) in [5, 5.41) is 3.42.